The molecule has 0 aliphatic heterocycles. The number of rotatable bonds is 45. The molecule has 0 heterocycles. The van der Waals surface area contributed by atoms with E-state index in [9.17, 15) is 19.5 Å². The number of ether oxygens (including phenoxy) is 3. The molecule has 0 aromatic heterocycles. The van der Waals surface area contributed by atoms with Gasteiger partial charge in [-0.3, -0.25) is 9.59 Å². The van der Waals surface area contributed by atoms with E-state index in [1.54, 1.807) is 0 Å². The summed E-state index contributed by atoms with van der Waals surface area (Å²) in [7, 11) is 5.43. The van der Waals surface area contributed by atoms with Crippen molar-refractivity contribution in [3.05, 3.63) is 0 Å². The van der Waals surface area contributed by atoms with Gasteiger partial charge in [0.2, 0.25) is 0 Å². The Morgan fingerprint density at radius 3 is 1.09 bits per heavy atom. The largest absolute Gasteiger partial charge is 0.544 e. The molecule has 2 atom stereocenters. The van der Waals surface area contributed by atoms with Gasteiger partial charge in [-0.05, 0) is 12.8 Å². The van der Waals surface area contributed by atoms with Gasteiger partial charge in [-0.2, -0.15) is 0 Å². The van der Waals surface area contributed by atoms with E-state index in [-0.39, 0.29) is 42.7 Å². The number of quaternary nitrogens is 1. The van der Waals surface area contributed by atoms with E-state index in [2.05, 4.69) is 13.8 Å². The van der Waals surface area contributed by atoms with Gasteiger partial charge in [0.15, 0.2) is 6.10 Å². The lowest BCUT2D eigenvalue weighted by atomic mass is 10.0. The van der Waals surface area contributed by atoms with Gasteiger partial charge < -0.3 is 28.6 Å². The summed E-state index contributed by atoms with van der Waals surface area (Å²) < 4.78 is 17.2. The summed E-state index contributed by atoms with van der Waals surface area (Å²) in [5.74, 6) is -1.71. The van der Waals surface area contributed by atoms with E-state index < -0.39 is 18.1 Å². The van der Waals surface area contributed by atoms with Crippen LogP contribution < -0.4 is 5.11 Å². The quantitative estimate of drug-likeness (QED) is 0.0343. The first-order chi connectivity index (χ1) is 27.6. The third-order valence-electron chi connectivity index (χ3n) is 11.5. The zero-order chi connectivity index (χ0) is 42.1. The Morgan fingerprint density at radius 2 is 0.772 bits per heavy atom. The van der Waals surface area contributed by atoms with Crippen LogP contribution in [0.1, 0.15) is 245 Å². The molecule has 0 spiro atoms. The van der Waals surface area contributed by atoms with Crippen LogP contribution in [0.2, 0.25) is 0 Å². The standard InChI is InChI=1S/C49H95NO7/c1-6-8-10-12-14-16-18-20-22-23-24-25-26-28-30-32-34-36-38-40-48(52)57-45(43-55-42-41-46(49(53)54)50(3,4)5)44-56-47(51)39-37-35-33-31-29-27-21-19-17-15-13-11-9-7-2/h45-46H,6-44H2,1-5H3. The highest BCUT2D eigenvalue weighted by atomic mass is 16.6. The van der Waals surface area contributed by atoms with Gasteiger partial charge in [0.05, 0.1) is 40.3 Å². The minimum Gasteiger partial charge on any atom is -0.544 e. The molecule has 2 unspecified atom stereocenters. The maximum Gasteiger partial charge on any atom is 0.306 e. The Labute approximate surface area is 353 Å². The maximum absolute atomic E-state index is 12.8. The van der Waals surface area contributed by atoms with E-state index in [0.717, 1.165) is 38.5 Å². The second-order valence-electron chi connectivity index (χ2n) is 18.1. The van der Waals surface area contributed by atoms with Gasteiger partial charge in [0.25, 0.3) is 0 Å². The summed E-state index contributed by atoms with van der Waals surface area (Å²) in [6.07, 6.45) is 42.7. The van der Waals surface area contributed by atoms with Crippen LogP contribution in [0.15, 0.2) is 0 Å². The Balaban J connectivity index is 4.21. The van der Waals surface area contributed by atoms with Crippen LogP contribution in [0.4, 0.5) is 0 Å². The molecule has 0 aromatic rings. The van der Waals surface area contributed by atoms with Crippen LogP contribution in [-0.4, -0.2) is 75.5 Å². The lowest BCUT2D eigenvalue weighted by Gasteiger charge is -2.34. The average Bonchev–Trinajstić information content (AvgIpc) is 3.17. The number of hydrogen-bond donors (Lipinski definition) is 0. The predicted molar refractivity (Wildman–Crippen MR) is 236 cm³/mol. The molecule has 0 radical (unpaired) electrons. The third kappa shape index (κ3) is 39.6. The number of likely N-dealkylation sites (N-methyl/N-ethyl adjacent to an activating group) is 1. The molecule has 8 heteroatoms. The van der Waals surface area contributed by atoms with Crippen LogP contribution in [0.5, 0.6) is 0 Å². The molecule has 8 nitrogen and oxygen atoms in total. The fourth-order valence-corrected chi connectivity index (χ4v) is 7.66. The van der Waals surface area contributed by atoms with Crippen LogP contribution in [-0.2, 0) is 28.6 Å². The molecular weight excluding hydrogens is 715 g/mol. The number of unbranched alkanes of at least 4 members (excludes halogenated alkanes) is 31. The highest BCUT2D eigenvalue weighted by Crippen LogP contribution is 2.17. The van der Waals surface area contributed by atoms with Gasteiger partial charge in [-0.1, -0.05) is 213 Å². The monoisotopic (exact) mass is 810 g/mol. The second kappa shape index (κ2) is 41.1. The number of aliphatic carboxylic acids is 1. The van der Waals surface area contributed by atoms with Crippen LogP contribution in [0, 0.1) is 0 Å². The molecule has 0 aliphatic carbocycles. The highest BCUT2D eigenvalue weighted by molar-refractivity contribution is 5.70. The van der Waals surface area contributed by atoms with Crippen LogP contribution in [0.25, 0.3) is 0 Å². The van der Waals surface area contributed by atoms with Crippen molar-refractivity contribution in [3.8, 4) is 0 Å². The Hall–Kier alpha value is -1.67. The molecule has 338 valence electrons. The van der Waals surface area contributed by atoms with Crippen molar-refractivity contribution in [2.75, 3.05) is 41.0 Å². The molecule has 0 N–H and O–H groups in total. The summed E-state index contributed by atoms with van der Waals surface area (Å²) in [5.41, 5.74) is 0. The van der Waals surface area contributed by atoms with Crippen LogP contribution >= 0.6 is 0 Å². The number of carbonyl (C=O) groups is 3. The molecule has 0 bridgehead atoms. The molecule has 0 saturated heterocycles. The molecule has 0 aliphatic rings. The van der Waals surface area contributed by atoms with E-state index >= 15 is 0 Å². The fourth-order valence-electron chi connectivity index (χ4n) is 7.66. The summed E-state index contributed by atoms with van der Waals surface area (Å²) in [6, 6.07) is -0.719. The van der Waals surface area contributed by atoms with Crippen molar-refractivity contribution in [3.63, 3.8) is 0 Å². The molecule has 0 saturated carbocycles. The van der Waals surface area contributed by atoms with Crippen molar-refractivity contribution in [1.82, 2.24) is 0 Å². The fraction of sp³-hybridized carbons (Fsp3) is 0.939. The number of nitrogens with zero attached hydrogens (tertiary/aromatic N) is 1. The first kappa shape index (κ1) is 55.3. The average molecular weight is 810 g/mol. The zero-order valence-corrected chi connectivity index (χ0v) is 38.5. The number of carbonyl (C=O) groups excluding carboxylic acids is 3. The normalized spacial score (nSPS) is 12.8. The number of carboxylic acids is 1. The van der Waals surface area contributed by atoms with E-state index in [0.29, 0.717) is 12.8 Å². The second-order valence-corrected chi connectivity index (χ2v) is 18.1. The van der Waals surface area contributed by atoms with Gasteiger partial charge >= 0.3 is 11.9 Å². The Morgan fingerprint density at radius 1 is 0.456 bits per heavy atom. The van der Waals surface area contributed by atoms with E-state index in [1.165, 1.54) is 173 Å². The number of esters is 2. The van der Waals surface area contributed by atoms with Crippen molar-refractivity contribution in [2.45, 2.75) is 257 Å². The molecule has 0 fully saturated rings. The highest BCUT2D eigenvalue weighted by Gasteiger charge is 2.25. The summed E-state index contributed by atoms with van der Waals surface area (Å²) in [6.45, 7) is 4.71. The minimum atomic E-state index is -1.12. The van der Waals surface area contributed by atoms with Crippen molar-refractivity contribution >= 4 is 17.9 Å². The lowest BCUT2D eigenvalue weighted by Crippen LogP contribution is -2.55. The summed E-state index contributed by atoms with van der Waals surface area (Å²) in [5, 5.41) is 11.6. The zero-order valence-electron chi connectivity index (χ0n) is 38.5. The number of hydrogen-bond acceptors (Lipinski definition) is 7. The molecule has 0 rings (SSSR count). The van der Waals surface area contributed by atoms with Crippen molar-refractivity contribution in [2.24, 2.45) is 0 Å². The molecule has 57 heavy (non-hydrogen) atoms. The van der Waals surface area contributed by atoms with Gasteiger partial charge in [0, 0.05) is 19.3 Å². The maximum atomic E-state index is 12.8. The minimum absolute atomic E-state index is 0.0496. The van der Waals surface area contributed by atoms with Gasteiger partial charge in [-0.15, -0.1) is 0 Å². The first-order valence-corrected chi connectivity index (χ1v) is 24.6. The Kier molecular flexibility index (Phi) is 39.9. The number of carboxylic acid groups (broad SMARTS) is 1. The molecule has 0 amide bonds. The van der Waals surface area contributed by atoms with Gasteiger partial charge in [0.1, 0.15) is 12.6 Å². The van der Waals surface area contributed by atoms with Crippen LogP contribution in [0.3, 0.4) is 0 Å². The Bertz CT molecular complexity index is 905. The van der Waals surface area contributed by atoms with E-state index in [4.69, 9.17) is 14.2 Å². The van der Waals surface area contributed by atoms with Crippen molar-refractivity contribution in [1.29, 1.82) is 0 Å². The van der Waals surface area contributed by atoms with E-state index in [1.807, 2.05) is 21.1 Å². The lowest BCUT2D eigenvalue weighted by molar-refractivity contribution is -0.889. The first-order valence-electron chi connectivity index (χ1n) is 24.6. The SMILES string of the molecule is CCCCCCCCCCCCCCCCCCCCCC(=O)OC(COCCC(C(=O)[O-])[N+](C)(C)C)COC(=O)CCCCCCCCCCCCCCCC. The van der Waals surface area contributed by atoms with Crippen molar-refractivity contribution < 1.29 is 38.2 Å². The summed E-state index contributed by atoms with van der Waals surface area (Å²) >= 11 is 0. The molecule has 0 aromatic carbocycles. The topological polar surface area (TPSA) is 102 Å². The predicted octanol–water partition coefficient (Wildman–Crippen LogP) is 12.4. The van der Waals surface area contributed by atoms with Gasteiger partial charge in [-0.25, -0.2) is 0 Å². The molecular formula is C49H95NO7. The smallest absolute Gasteiger partial charge is 0.306 e. The summed E-state index contributed by atoms with van der Waals surface area (Å²) in [4.78, 5) is 36.9. The third-order valence-corrected chi connectivity index (χ3v) is 11.5.